The van der Waals surface area contributed by atoms with Crippen molar-refractivity contribution in [2.24, 2.45) is 0 Å². The Bertz CT molecular complexity index is 667. The first-order valence-corrected chi connectivity index (χ1v) is 7.25. The van der Waals surface area contributed by atoms with Gasteiger partial charge in [-0.15, -0.1) is 0 Å². The number of H-pyrrole nitrogens is 1. The monoisotopic (exact) mass is 341 g/mol. The molecule has 1 aromatic rings. The molecule has 1 aromatic heterocycles. The summed E-state index contributed by atoms with van der Waals surface area (Å²) in [6, 6.07) is 1.02. The van der Waals surface area contributed by atoms with Crippen LogP contribution in [0, 0.1) is 0 Å². The molecule has 2 rings (SSSR count). The van der Waals surface area contributed by atoms with Crippen LogP contribution in [-0.4, -0.2) is 54.5 Å². The number of hydrogen-bond acceptors (Lipinski definition) is 8. The molecule has 0 saturated carbocycles. The number of aromatic nitrogens is 2. The van der Waals surface area contributed by atoms with Gasteiger partial charge in [-0.25, -0.2) is 9.36 Å². The highest BCUT2D eigenvalue weighted by molar-refractivity contribution is 7.46. The van der Waals surface area contributed by atoms with Gasteiger partial charge in [0.15, 0.2) is 6.23 Å². The maximum Gasteiger partial charge on any atom is 0.469 e. The van der Waals surface area contributed by atoms with Crippen LogP contribution < -0.4 is 17.4 Å². The lowest BCUT2D eigenvalue weighted by molar-refractivity contribution is -0.0543. The van der Waals surface area contributed by atoms with E-state index in [1.54, 1.807) is 0 Å². The van der Waals surface area contributed by atoms with Crippen molar-refractivity contribution < 1.29 is 33.8 Å². The Morgan fingerprint density at radius 1 is 1.32 bits per heavy atom. The second-order valence-electron chi connectivity index (χ2n) is 4.35. The zero-order valence-electron chi connectivity index (χ0n) is 11.1. The Morgan fingerprint density at radius 3 is 2.50 bits per heavy atom. The Balaban J connectivity index is 0.00000242. The minimum atomic E-state index is -4.76. The summed E-state index contributed by atoms with van der Waals surface area (Å²) in [6.45, 7) is -0.683. The first kappa shape index (κ1) is 18.7. The van der Waals surface area contributed by atoms with Crippen LogP contribution >= 0.6 is 7.82 Å². The smallest absolute Gasteiger partial charge is 0.387 e. The summed E-state index contributed by atoms with van der Waals surface area (Å²) in [5.74, 6) is 0. The van der Waals surface area contributed by atoms with Crippen molar-refractivity contribution in [2.45, 2.75) is 24.5 Å². The van der Waals surface area contributed by atoms with Crippen molar-refractivity contribution in [3.05, 3.63) is 33.1 Å². The second-order valence-corrected chi connectivity index (χ2v) is 5.59. The summed E-state index contributed by atoms with van der Waals surface area (Å²) in [5, 5.41) is 19.6. The van der Waals surface area contributed by atoms with Gasteiger partial charge in [0.25, 0.3) is 5.56 Å². The highest BCUT2D eigenvalue weighted by Crippen LogP contribution is 2.38. The van der Waals surface area contributed by atoms with Crippen molar-refractivity contribution in [2.75, 3.05) is 6.61 Å². The number of hydrogen-bond donors (Lipinski definition) is 6. The van der Waals surface area contributed by atoms with Gasteiger partial charge in [-0.3, -0.25) is 18.9 Å². The Labute approximate surface area is 122 Å². The highest BCUT2D eigenvalue weighted by atomic mass is 31.2. The molecule has 0 aromatic carbocycles. The van der Waals surface area contributed by atoms with Crippen LogP contribution in [0.15, 0.2) is 21.9 Å². The quantitative estimate of drug-likeness (QED) is 0.315. The van der Waals surface area contributed by atoms with E-state index in [9.17, 15) is 24.4 Å². The van der Waals surface area contributed by atoms with Crippen LogP contribution in [0.3, 0.4) is 0 Å². The summed E-state index contributed by atoms with van der Waals surface area (Å²) in [6.07, 6.45) is -4.58. The molecular formula is C9H16N3O9P. The van der Waals surface area contributed by atoms with Gasteiger partial charge >= 0.3 is 13.5 Å². The average molecular weight is 341 g/mol. The predicted octanol–water partition coefficient (Wildman–Crippen LogP) is -2.57. The van der Waals surface area contributed by atoms with Crippen LogP contribution in [0.5, 0.6) is 0 Å². The van der Waals surface area contributed by atoms with Gasteiger partial charge in [-0.2, -0.15) is 0 Å². The highest BCUT2D eigenvalue weighted by Gasteiger charge is 2.44. The van der Waals surface area contributed by atoms with Crippen LogP contribution in [0.25, 0.3) is 0 Å². The molecule has 1 saturated heterocycles. The molecule has 8 N–H and O–H groups in total. The summed E-state index contributed by atoms with van der Waals surface area (Å²) in [5.41, 5.74) is -1.51. The number of ether oxygens (including phenoxy) is 1. The fourth-order valence-electron chi connectivity index (χ4n) is 1.89. The van der Waals surface area contributed by atoms with Crippen LogP contribution in [-0.2, 0) is 13.8 Å². The van der Waals surface area contributed by atoms with Gasteiger partial charge in [-0.1, -0.05) is 0 Å². The molecule has 1 aliphatic heterocycles. The zero-order chi connectivity index (χ0) is 15.8. The molecule has 2 heterocycles. The molecule has 4 unspecified atom stereocenters. The van der Waals surface area contributed by atoms with Crippen LogP contribution in [0.2, 0.25) is 0 Å². The van der Waals surface area contributed by atoms with E-state index in [-0.39, 0.29) is 6.15 Å². The largest absolute Gasteiger partial charge is 0.469 e. The van der Waals surface area contributed by atoms with Crippen molar-refractivity contribution in [3.63, 3.8) is 0 Å². The van der Waals surface area contributed by atoms with Gasteiger partial charge in [0, 0.05) is 12.3 Å². The number of phosphoric ester groups is 1. The SMILES string of the molecule is N.O=c1ccn(C2OC(COP(=O)(O)O)C(O)C2O)c(=O)[nH]1. The Kier molecular flexibility index (Phi) is 5.78. The molecule has 0 aliphatic carbocycles. The van der Waals surface area contributed by atoms with Gasteiger partial charge < -0.3 is 30.9 Å². The molecule has 12 nitrogen and oxygen atoms in total. The third-order valence-corrected chi connectivity index (χ3v) is 3.35. The zero-order valence-corrected chi connectivity index (χ0v) is 12.0. The maximum atomic E-state index is 11.6. The minimum absolute atomic E-state index is 0. The topological polar surface area (TPSA) is 206 Å². The first-order chi connectivity index (χ1) is 9.69. The minimum Gasteiger partial charge on any atom is -0.387 e. The lowest BCUT2D eigenvalue weighted by atomic mass is 10.1. The first-order valence-electron chi connectivity index (χ1n) is 5.72. The predicted molar refractivity (Wildman–Crippen MR) is 70.3 cm³/mol. The lowest BCUT2D eigenvalue weighted by Crippen LogP contribution is -2.37. The summed E-state index contributed by atoms with van der Waals surface area (Å²) in [4.78, 5) is 41.6. The molecule has 1 fully saturated rings. The fourth-order valence-corrected chi connectivity index (χ4v) is 2.24. The molecule has 0 bridgehead atoms. The van der Waals surface area contributed by atoms with Crippen molar-refractivity contribution in [1.29, 1.82) is 0 Å². The standard InChI is InChI=1S/C9H13N2O9P.H3N/c12-5-1-2-11(9(15)10-5)8-7(14)6(13)4(20-8)3-19-21(16,17)18;/h1-2,4,6-8,13-14H,3H2,(H,10,12,15)(H2,16,17,18);1H3. The van der Waals surface area contributed by atoms with Crippen molar-refractivity contribution in [1.82, 2.24) is 15.7 Å². The van der Waals surface area contributed by atoms with E-state index < -0.39 is 50.2 Å². The van der Waals surface area contributed by atoms with E-state index in [2.05, 4.69) is 4.52 Å². The molecule has 0 amide bonds. The van der Waals surface area contributed by atoms with E-state index in [1.165, 1.54) is 0 Å². The molecule has 22 heavy (non-hydrogen) atoms. The van der Waals surface area contributed by atoms with Crippen molar-refractivity contribution in [3.8, 4) is 0 Å². The average Bonchev–Trinajstić information content (AvgIpc) is 2.64. The molecular weight excluding hydrogens is 325 g/mol. The number of nitrogens with zero attached hydrogens (tertiary/aromatic N) is 1. The van der Waals surface area contributed by atoms with Gasteiger partial charge in [0.2, 0.25) is 0 Å². The van der Waals surface area contributed by atoms with Crippen LogP contribution in [0.4, 0.5) is 0 Å². The number of aliphatic hydroxyl groups excluding tert-OH is 2. The Hall–Kier alpha value is -1.37. The van der Waals surface area contributed by atoms with E-state index >= 15 is 0 Å². The molecule has 1 aliphatic rings. The molecule has 126 valence electrons. The Morgan fingerprint density at radius 2 is 1.95 bits per heavy atom. The lowest BCUT2D eigenvalue weighted by Gasteiger charge is -2.16. The number of aromatic amines is 1. The molecule has 13 heteroatoms. The number of rotatable bonds is 4. The second kappa shape index (κ2) is 6.81. The van der Waals surface area contributed by atoms with Crippen LogP contribution in [0.1, 0.15) is 6.23 Å². The van der Waals surface area contributed by atoms with E-state index in [0.717, 1.165) is 16.8 Å². The molecule has 4 atom stereocenters. The summed E-state index contributed by atoms with van der Waals surface area (Å²) < 4.78 is 20.8. The summed E-state index contributed by atoms with van der Waals surface area (Å²) in [7, 11) is -4.76. The third-order valence-electron chi connectivity index (χ3n) is 2.87. The normalized spacial score (nSPS) is 28.4. The molecule has 0 radical (unpaired) electrons. The summed E-state index contributed by atoms with van der Waals surface area (Å²) >= 11 is 0. The van der Waals surface area contributed by atoms with Gasteiger partial charge in [0.05, 0.1) is 6.61 Å². The van der Waals surface area contributed by atoms with Gasteiger partial charge in [0.1, 0.15) is 18.3 Å². The molecule has 0 spiro atoms. The van der Waals surface area contributed by atoms with E-state index in [0.29, 0.717) is 0 Å². The fraction of sp³-hybridized carbons (Fsp3) is 0.556. The third kappa shape index (κ3) is 4.09. The number of aliphatic hydroxyl groups is 2. The number of nitrogens with one attached hydrogen (secondary N) is 1. The van der Waals surface area contributed by atoms with Crippen molar-refractivity contribution >= 4 is 7.82 Å². The van der Waals surface area contributed by atoms with Gasteiger partial charge in [-0.05, 0) is 0 Å². The van der Waals surface area contributed by atoms with E-state index in [4.69, 9.17) is 14.5 Å². The van der Waals surface area contributed by atoms with E-state index in [1.807, 2.05) is 4.98 Å². The number of phosphoric acid groups is 1. The maximum absolute atomic E-state index is 11.6.